The van der Waals surface area contributed by atoms with Crippen LogP contribution in [-0.2, 0) is 4.79 Å². The second kappa shape index (κ2) is 29.9. The van der Waals surface area contributed by atoms with E-state index in [0.29, 0.717) is 0 Å². The van der Waals surface area contributed by atoms with Crippen molar-refractivity contribution in [2.24, 2.45) is 0 Å². The molecule has 0 saturated heterocycles. The molecule has 1 N–H and O–H groups in total. The molecule has 0 aliphatic carbocycles. The number of carbonyl (C=O) groups is 1. The van der Waals surface area contributed by atoms with Crippen molar-refractivity contribution in [2.45, 2.75) is 0 Å². The molecule has 0 aromatic rings. The zero-order valence-corrected chi connectivity index (χ0v) is 7.76. The summed E-state index contributed by atoms with van der Waals surface area (Å²) in [5.74, 6) is 0. The van der Waals surface area contributed by atoms with E-state index in [-0.39, 0.29) is 72.8 Å². The van der Waals surface area contributed by atoms with Gasteiger partial charge in [-0.1, -0.05) is 0 Å². The fraction of sp³-hybridized carbons (Fsp3) is 0. The van der Waals surface area contributed by atoms with Gasteiger partial charge in [-0.3, -0.25) is 0 Å². The monoisotopic (exact) mass is 125 g/mol. The Hall–Kier alpha value is 1.69. The molecule has 6 heavy (non-hydrogen) atoms. The van der Waals surface area contributed by atoms with Crippen molar-refractivity contribution in [2.75, 3.05) is 0 Å². The maximum atomic E-state index is 8.25. The molecule has 0 rings (SSSR count). The van der Waals surface area contributed by atoms with Crippen molar-refractivity contribution in [3.8, 4) is 0 Å². The van der Waals surface area contributed by atoms with Gasteiger partial charge in [-0.2, -0.15) is 0 Å². The minimum atomic E-state index is -0.500. The van der Waals surface area contributed by atoms with Crippen LogP contribution in [0.2, 0.25) is 0 Å². The van der Waals surface area contributed by atoms with Crippen LogP contribution in [0.15, 0.2) is 0 Å². The van der Waals surface area contributed by atoms with Gasteiger partial charge in [0.1, 0.15) is 0 Å². The Bertz CT molecular complexity index is 18.3. The van der Waals surface area contributed by atoms with Gasteiger partial charge in [-0.05, 0) is 0 Å². The standard InChI is InChI=1S/CH2O2.Ca.Na.H2O/c2-1-3;;;/h1H,(H,2,3);;;1H2/q;+2;+1;/p-2. The van der Waals surface area contributed by atoms with Crippen LogP contribution >= 0.6 is 0 Å². The van der Waals surface area contributed by atoms with E-state index in [9.17, 15) is 0 Å². The van der Waals surface area contributed by atoms with Gasteiger partial charge < -0.3 is 15.4 Å². The van der Waals surface area contributed by atoms with Crippen LogP contribution in [-0.4, -0.2) is 49.7 Å². The summed E-state index contributed by atoms with van der Waals surface area (Å²) >= 11 is 0. The summed E-state index contributed by atoms with van der Waals surface area (Å²) in [6.45, 7) is -0.500. The van der Waals surface area contributed by atoms with E-state index in [2.05, 4.69) is 0 Å². The fourth-order valence-corrected chi connectivity index (χ4v) is 0. The largest absolute Gasteiger partial charge is 2.00 e. The van der Waals surface area contributed by atoms with E-state index >= 15 is 0 Å². The van der Waals surface area contributed by atoms with Crippen LogP contribution < -0.4 is 34.7 Å². The number of hydrogen-bond donors (Lipinski definition) is 0. The van der Waals surface area contributed by atoms with E-state index in [4.69, 9.17) is 9.90 Å². The Morgan fingerprint density at radius 1 is 1.50 bits per heavy atom. The number of carboxylic acid groups (broad SMARTS) is 1. The number of hydrogen-bond acceptors (Lipinski definition) is 3. The van der Waals surface area contributed by atoms with Crippen LogP contribution in [0.4, 0.5) is 0 Å². The second-order valence-electron chi connectivity index (χ2n) is 0.0962. The topological polar surface area (TPSA) is 70.1 Å². The summed E-state index contributed by atoms with van der Waals surface area (Å²) in [6.07, 6.45) is 0. The summed E-state index contributed by atoms with van der Waals surface area (Å²) in [7, 11) is 0. The molecule has 0 spiro atoms. The molecule has 0 heterocycles. The van der Waals surface area contributed by atoms with E-state index in [1.807, 2.05) is 0 Å². The fourth-order valence-electron chi connectivity index (χ4n) is 0. The molecule has 0 atom stereocenters. The first kappa shape index (κ1) is 25.3. The average Bonchev–Trinajstić information content (AvgIpc) is 0.918. The number of carbonyl (C=O) groups excluding carboxylic acids is 1. The van der Waals surface area contributed by atoms with Crippen molar-refractivity contribution in [3.05, 3.63) is 0 Å². The maximum absolute atomic E-state index is 8.25. The summed E-state index contributed by atoms with van der Waals surface area (Å²) < 4.78 is 0. The predicted octanol–water partition coefficient (Wildman–Crippen LogP) is -5.19. The average molecular weight is 125 g/mol. The minimum Gasteiger partial charge on any atom is -0.870 e. The van der Waals surface area contributed by atoms with Crippen LogP contribution in [0.25, 0.3) is 0 Å². The summed E-state index contributed by atoms with van der Waals surface area (Å²) in [4.78, 5) is 8.25. The molecular formula is CH2CaNaO3+. The molecule has 0 amide bonds. The van der Waals surface area contributed by atoms with Gasteiger partial charge in [0.05, 0.1) is 0 Å². The second-order valence-corrected chi connectivity index (χ2v) is 0.0962. The van der Waals surface area contributed by atoms with E-state index in [1.165, 1.54) is 0 Å². The SMILES string of the molecule is O=C[O-].[Ca+2].[Na+].[OH-]. The van der Waals surface area contributed by atoms with Gasteiger partial charge in [0.2, 0.25) is 0 Å². The normalized spacial score (nSPS) is 2.00. The van der Waals surface area contributed by atoms with Crippen LogP contribution in [0.1, 0.15) is 0 Å². The molecule has 0 aliphatic rings. The molecule has 0 aromatic carbocycles. The van der Waals surface area contributed by atoms with Crippen molar-refractivity contribution < 1.29 is 44.9 Å². The Kier molecular flexibility index (Phi) is 126. The third kappa shape index (κ3) is 43.8. The van der Waals surface area contributed by atoms with Gasteiger partial charge in [0.25, 0.3) is 0 Å². The van der Waals surface area contributed by atoms with Gasteiger partial charge in [0.15, 0.2) is 0 Å². The molecule has 3 nitrogen and oxygen atoms in total. The summed E-state index contributed by atoms with van der Waals surface area (Å²) in [5.41, 5.74) is 0. The summed E-state index contributed by atoms with van der Waals surface area (Å²) in [5, 5.41) is 8.25. The Labute approximate surface area is 87.7 Å². The first-order valence-electron chi connectivity index (χ1n) is 0.471. The molecule has 0 fully saturated rings. The van der Waals surface area contributed by atoms with Gasteiger partial charge in [-0.25, -0.2) is 0 Å². The van der Waals surface area contributed by atoms with Crippen molar-refractivity contribution in [1.29, 1.82) is 0 Å². The Morgan fingerprint density at radius 3 is 1.50 bits per heavy atom. The zero-order valence-electron chi connectivity index (χ0n) is 3.55. The first-order chi connectivity index (χ1) is 1.41. The van der Waals surface area contributed by atoms with Gasteiger partial charge in [0, 0.05) is 6.47 Å². The predicted molar refractivity (Wildman–Crippen MR) is 13.8 cm³/mol. The minimum absolute atomic E-state index is 0. The molecule has 26 valence electrons. The van der Waals surface area contributed by atoms with Crippen molar-refractivity contribution in [3.63, 3.8) is 0 Å². The molecule has 0 saturated carbocycles. The third-order valence-electron chi connectivity index (χ3n) is 0. The number of rotatable bonds is 0. The van der Waals surface area contributed by atoms with Crippen LogP contribution in [0.3, 0.4) is 0 Å². The Balaban J connectivity index is -0.00000000667. The molecule has 0 unspecified atom stereocenters. The summed E-state index contributed by atoms with van der Waals surface area (Å²) in [6, 6.07) is 0. The third-order valence-corrected chi connectivity index (χ3v) is 0. The molecule has 0 radical (unpaired) electrons. The molecular weight excluding hydrogens is 123 g/mol. The van der Waals surface area contributed by atoms with E-state index < -0.39 is 6.47 Å². The quantitative estimate of drug-likeness (QED) is 0.240. The van der Waals surface area contributed by atoms with Crippen LogP contribution in [0, 0.1) is 0 Å². The molecule has 0 bridgehead atoms. The zero-order chi connectivity index (χ0) is 2.71. The smallest absolute Gasteiger partial charge is 0.870 e. The Morgan fingerprint density at radius 2 is 1.50 bits per heavy atom. The van der Waals surface area contributed by atoms with E-state index in [1.54, 1.807) is 0 Å². The molecule has 5 heteroatoms. The van der Waals surface area contributed by atoms with Gasteiger partial charge in [-0.15, -0.1) is 0 Å². The molecule has 0 aliphatic heterocycles. The molecule has 0 aromatic heterocycles. The van der Waals surface area contributed by atoms with Crippen molar-refractivity contribution in [1.82, 2.24) is 0 Å². The van der Waals surface area contributed by atoms with E-state index in [0.717, 1.165) is 0 Å². The van der Waals surface area contributed by atoms with Crippen molar-refractivity contribution >= 4 is 44.2 Å². The maximum Gasteiger partial charge on any atom is 2.00 e. The first-order valence-corrected chi connectivity index (χ1v) is 0.471. The van der Waals surface area contributed by atoms with Crippen LogP contribution in [0.5, 0.6) is 0 Å². The van der Waals surface area contributed by atoms with Gasteiger partial charge >= 0.3 is 67.3 Å².